The van der Waals surface area contributed by atoms with Gasteiger partial charge in [-0.1, -0.05) is 36.0 Å². The molecule has 0 saturated carbocycles. The zero-order valence-electron chi connectivity index (χ0n) is 12.7. The highest BCUT2D eigenvalue weighted by molar-refractivity contribution is 5.63. The second-order valence-corrected chi connectivity index (χ2v) is 4.75. The number of rotatable bonds is 6. The molecule has 23 heavy (non-hydrogen) atoms. The number of methoxy groups -OCH3 is 1. The zero-order valence-corrected chi connectivity index (χ0v) is 12.7. The lowest BCUT2D eigenvalue weighted by molar-refractivity contribution is 0.326. The minimum absolute atomic E-state index is 0.413. The van der Waals surface area contributed by atoms with E-state index in [1.54, 1.807) is 13.2 Å². The predicted octanol–water partition coefficient (Wildman–Crippen LogP) is 3.98. The van der Waals surface area contributed by atoms with E-state index in [0.717, 1.165) is 11.1 Å². The topological polar surface area (TPSA) is 57.4 Å². The first kappa shape index (κ1) is 14.8. The van der Waals surface area contributed by atoms with E-state index in [1.165, 1.54) is 0 Å². The second-order valence-electron chi connectivity index (χ2n) is 4.75. The fraction of sp³-hybridized carbons (Fsp3) is 0.111. The molecule has 0 bridgehead atoms. The Morgan fingerprint density at radius 3 is 2.65 bits per heavy atom. The van der Waals surface area contributed by atoms with Crippen LogP contribution in [-0.2, 0) is 0 Å². The normalized spacial score (nSPS) is 10.3. The SMILES string of the molecule is C=CCOc1ccc(-c2noc(-c3ccccc3)n2)cc1OC. The third-order valence-electron chi connectivity index (χ3n) is 3.23. The lowest BCUT2D eigenvalue weighted by atomic mass is 10.2. The molecule has 0 aliphatic carbocycles. The van der Waals surface area contributed by atoms with Gasteiger partial charge in [-0.15, -0.1) is 0 Å². The van der Waals surface area contributed by atoms with Crippen LogP contribution in [0.2, 0.25) is 0 Å². The highest BCUT2D eigenvalue weighted by atomic mass is 16.5. The number of nitrogens with zero attached hydrogens (tertiary/aromatic N) is 2. The van der Waals surface area contributed by atoms with Crippen molar-refractivity contribution >= 4 is 0 Å². The molecule has 3 aromatic rings. The van der Waals surface area contributed by atoms with E-state index in [-0.39, 0.29) is 0 Å². The quantitative estimate of drug-likeness (QED) is 0.645. The fourth-order valence-corrected chi connectivity index (χ4v) is 2.11. The van der Waals surface area contributed by atoms with Crippen molar-refractivity contribution in [2.75, 3.05) is 13.7 Å². The van der Waals surface area contributed by atoms with Gasteiger partial charge in [-0.25, -0.2) is 0 Å². The number of hydrogen-bond acceptors (Lipinski definition) is 5. The Hall–Kier alpha value is -3.08. The van der Waals surface area contributed by atoms with Crippen LogP contribution in [0.3, 0.4) is 0 Å². The van der Waals surface area contributed by atoms with Crippen molar-refractivity contribution in [1.82, 2.24) is 10.1 Å². The van der Waals surface area contributed by atoms with E-state index in [0.29, 0.717) is 29.8 Å². The summed E-state index contributed by atoms with van der Waals surface area (Å²) in [4.78, 5) is 4.43. The molecule has 2 aromatic carbocycles. The van der Waals surface area contributed by atoms with Crippen LogP contribution >= 0.6 is 0 Å². The highest BCUT2D eigenvalue weighted by Crippen LogP contribution is 2.32. The predicted molar refractivity (Wildman–Crippen MR) is 87.4 cm³/mol. The maximum Gasteiger partial charge on any atom is 0.258 e. The lowest BCUT2D eigenvalue weighted by Gasteiger charge is -2.09. The average molecular weight is 308 g/mol. The maximum atomic E-state index is 5.54. The summed E-state index contributed by atoms with van der Waals surface area (Å²) in [6.07, 6.45) is 1.68. The van der Waals surface area contributed by atoms with Gasteiger partial charge in [0.05, 0.1) is 7.11 Å². The van der Waals surface area contributed by atoms with Crippen molar-refractivity contribution < 1.29 is 14.0 Å². The highest BCUT2D eigenvalue weighted by Gasteiger charge is 2.13. The van der Waals surface area contributed by atoms with Crippen molar-refractivity contribution in [3.8, 4) is 34.3 Å². The summed E-state index contributed by atoms with van der Waals surface area (Å²) in [7, 11) is 1.59. The van der Waals surface area contributed by atoms with Gasteiger partial charge in [0, 0.05) is 11.1 Å². The first-order valence-corrected chi connectivity index (χ1v) is 7.13. The molecule has 0 aliphatic heterocycles. The van der Waals surface area contributed by atoms with Gasteiger partial charge < -0.3 is 14.0 Å². The van der Waals surface area contributed by atoms with Crippen molar-refractivity contribution in [2.24, 2.45) is 0 Å². The van der Waals surface area contributed by atoms with Crippen LogP contribution in [0.15, 0.2) is 65.7 Å². The van der Waals surface area contributed by atoms with Gasteiger partial charge in [-0.2, -0.15) is 4.98 Å². The van der Waals surface area contributed by atoms with Crippen LogP contribution in [0.1, 0.15) is 0 Å². The van der Waals surface area contributed by atoms with Gasteiger partial charge in [0.1, 0.15) is 6.61 Å². The summed E-state index contributed by atoms with van der Waals surface area (Å²) in [6, 6.07) is 15.1. The van der Waals surface area contributed by atoms with Crippen LogP contribution < -0.4 is 9.47 Å². The molecular formula is C18H16N2O3. The molecule has 0 radical (unpaired) electrons. The van der Waals surface area contributed by atoms with Crippen molar-refractivity contribution in [3.05, 3.63) is 61.2 Å². The van der Waals surface area contributed by atoms with Crippen LogP contribution in [0.4, 0.5) is 0 Å². The van der Waals surface area contributed by atoms with Crippen molar-refractivity contribution in [3.63, 3.8) is 0 Å². The summed E-state index contributed by atoms with van der Waals surface area (Å²) < 4.78 is 16.2. The summed E-state index contributed by atoms with van der Waals surface area (Å²) in [6.45, 7) is 4.04. The molecule has 5 nitrogen and oxygen atoms in total. The Morgan fingerprint density at radius 1 is 1.09 bits per heavy atom. The van der Waals surface area contributed by atoms with E-state index in [1.807, 2.05) is 48.5 Å². The Labute approximate surface area is 134 Å². The lowest BCUT2D eigenvalue weighted by Crippen LogP contribution is -1.96. The summed E-state index contributed by atoms with van der Waals surface area (Å²) in [5.41, 5.74) is 1.67. The molecule has 1 aromatic heterocycles. The van der Waals surface area contributed by atoms with Gasteiger partial charge in [0.25, 0.3) is 5.89 Å². The molecule has 0 unspecified atom stereocenters. The van der Waals surface area contributed by atoms with Crippen LogP contribution in [0, 0.1) is 0 Å². The van der Waals surface area contributed by atoms with E-state index >= 15 is 0 Å². The van der Waals surface area contributed by atoms with E-state index < -0.39 is 0 Å². The van der Waals surface area contributed by atoms with Gasteiger partial charge in [0.2, 0.25) is 5.82 Å². The largest absolute Gasteiger partial charge is 0.493 e. The molecular weight excluding hydrogens is 292 g/mol. The van der Waals surface area contributed by atoms with Crippen LogP contribution in [0.25, 0.3) is 22.8 Å². The smallest absolute Gasteiger partial charge is 0.258 e. The molecule has 0 amide bonds. The third-order valence-corrected chi connectivity index (χ3v) is 3.23. The first-order chi connectivity index (χ1) is 11.3. The van der Waals surface area contributed by atoms with Gasteiger partial charge in [-0.05, 0) is 30.3 Å². The maximum absolute atomic E-state index is 5.54. The molecule has 0 spiro atoms. The number of aromatic nitrogens is 2. The summed E-state index contributed by atoms with van der Waals surface area (Å²) in [5.74, 6) is 2.22. The molecule has 0 fully saturated rings. The second kappa shape index (κ2) is 6.79. The van der Waals surface area contributed by atoms with Gasteiger partial charge in [0.15, 0.2) is 11.5 Å². The van der Waals surface area contributed by atoms with Gasteiger partial charge in [-0.3, -0.25) is 0 Å². The Bertz CT molecular complexity index is 797. The van der Waals surface area contributed by atoms with Crippen LogP contribution in [0.5, 0.6) is 11.5 Å². The Morgan fingerprint density at radius 2 is 1.91 bits per heavy atom. The summed E-state index contributed by atoms with van der Waals surface area (Å²) in [5, 5.41) is 4.03. The number of ether oxygens (including phenoxy) is 2. The minimum atomic E-state index is 0.413. The Balaban J connectivity index is 1.90. The van der Waals surface area contributed by atoms with E-state index in [9.17, 15) is 0 Å². The molecule has 116 valence electrons. The third kappa shape index (κ3) is 3.23. The molecule has 3 rings (SSSR count). The Kier molecular flexibility index (Phi) is 4.38. The minimum Gasteiger partial charge on any atom is -0.493 e. The number of hydrogen-bond donors (Lipinski definition) is 0. The van der Waals surface area contributed by atoms with E-state index in [4.69, 9.17) is 14.0 Å². The van der Waals surface area contributed by atoms with E-state index in [2.05, 4.69) is 16.7 Å². The van der Waals surface area contributed by atoms with Crippen molar-refractivity contribution in [1.29, 1.82) is 0 Å². The van der Waals surface area contributed by atoms with Gasteiger partial charge >= 0.3 is 0 Å². The molecule has 0 saturated heterocycles. The molecule has 0 atom stereocenters. The zero-order chi connectivity index (χ0) is 16.1. The monoisotopic (exact) mass is 308 g/mol. The first-order valence-electron chi connectivity index (χ1n) is 7.13. The fourth-order valence-electron chi connectivity index (χ4n) is 2.11. The van der Waals surface area contributed by atoms with Crippen LogP contribution in [-0.4, -0.2) is 23.9 Å². The number of benzene rings is 2. The van der Waals surface area contributed by atoms with Crippen molar-refractivity contribution in [2.45, 2.75) is 0 Å². The average Bonchev–Trinajstić information content (AvgIpc) is 3.10. The standard InChI is InChI=1S/C18H16N2O3/c1-3-11-22-15-10-9-14(12-16(15)21-2)17-19-18(23-20-17)13-7-5-4-6-8-13/h3-10,12H,1,11H2,2H3. The molecule has 0 N–H and O–H groups in total. The molecule has 5 heteroatoms. The molecule has 0 aliphatic rings. The summed E-state index contributed by atoms with van der Waals surface area (Å²) >= 11 is 0. The molecule has 1 heterocycles.